The number of hydrogen-bond acceptors (Lipinski definition) is 3. The van der Waals surface area contributed by atoms with Gasteiger partial charge in [0, 0.05) is 6.54 Å². The van der Waals surface area contributed by atoms with Crippen molar-refractivity contribution in [2.24, 2.45) is 0 Å². The molecule has 4 rings (SSSR count). The maximum Gasteiger partial charge on any atom is 0.124 e. The van der Waals surface area contributed by atoms with Crippen molar-refractivity contribution < 1.29 is 4.74 Å². The normalized spacial score (nSPS) is 15.6. The van der Waals surface area contributed by atoms with E-state index in [9.17, 15) is 0 Å². The quantitative estimate of drug-likeness (QED) is 0.531. The Hall–Kier alpha value is -2.33. The summed E-state index contributed by atoms with van der Waals surface area (Å²) in [5, 5.41) is 0. The number of aryl methyl sites for hydroxylation is 2. The zero-order chi connectivity index (χ0) is 19.2. The van der Waals surface area contributed by atoms with Gasteiger partial charge in [0.15, 0.2) is 0 Å². The Kier molecular flexibility index (Phi) is 6.27. The molecule has 0 radical (unpaired) electrons. The Morgan fingerprint density at radius 2 is 1.68 bits per heavy atom. The average Bonchev–Trinajstić information content (AvgIpc) is 2.87. The van der Waals surface area contributed by atoms with Crippen molar-refractivity contribution in [2.45, 2.75) is 52.1 Å². The van der Waals surface area contributed by atoms with E-state index in [1.54, 1.807) is 0 Å². The van der Waals surface area contributed by atoms with Crippen LogP contribution < -0.4 is 4.74 Å². The Morgan fingerprint density at radius 1 is 0.929 bits per heavy atom. The summed E-state index contributed by atoms with van der Waals surface area (Å²) in [5.74, 6) is 2.18. The highest BCUT2D eigenvalue weighted by atomic mass is 16.5. The molecule has 0 N–H and O–H groups in total. The highest BCUT2D eigenvalue weighted by molar-refractivity contribution is 5.75. The Bertz CT molecular complexity index is 894. The van der Waals surface area contributed by atoms with Gasteiger partial charge in [0.05, 0.1) is 24.2 Å². The number of imidazole rings is 1. The smallest absolute Gasteiger partial charge is 0.124 e. The minimum atomic E-state index is 0.723. The van der Waals surface area contributed by atoms with Gasteiger partial charge in [-0.1, -0.05) is 43.2 Å². The molecule has 4 heteroatoms. The van der Waals surface area contributed by atoms with Gasteiger partial charge in [0.1, 0.15) is 11.6 Å². The number of ether oxygens (including phenoxy) is 1. The molecule has 1 saturated heterocycles. The predicted octanol–water partition coefficient (Wildman–Crippen LogP) is 5.19. The van der Waals surface area contributed by atoms with Crippen LogP contribution in [0.15, 0.2) is 48.5 Å². The first-order valence-corrected chi connectivity index (χ1v) is 10.7. The van der Waals surface area contributed by atoms with Crippen molar-refractivity contribution in [3.05, 3.63) is 59.9 Å². The first kappa shape index (κ1) is 19.0. The molecule has 1 aliphatic heterocycles. The van der Waals surface area contributed by atoms with Gasteiger partial charge >= 0.3 is 0 Å². The van der Waals surface area contributed by atoms with Gasteiger partial charge in [0.2, 0.25) is 0 Å². The molecule has 0 spiro atoms. The number of nitrogens with zero attached hydrogens (tertiary/aromatic N) is 3. The van der Waals surface area contributed by atoms with Gasteiger partial charge in [-0.3, -0.25) is 4.90 Å². The van der Waals surface area contributed by atoms with E-state index in [4.69, 9.17) is 9.72 Å². The summed E-state index contributed by atoms with van der Waals surface area (Å²) >= 11 is 0. The standard InChI is InChI=1S/C24H31N3O/c1-20-11-4-7-14-23(20)28-18-10-17-27-22-13-6-5-12-21(22)25-24(27)19-26-15-8-2-3-9-16-26/h4-7,11-14H,2-3,8-10,15-19H2,1H3. The second-order valence-corrected chi connectivity index (χ2v) is 7.83. The molecule has 4 nitrogen and oxygen atoms in total. The summed E-state index contributed by atoms with van der Waals surface area (Å²) < 4.78 is 8.41. The van der Waals surface area contributed by atoms with E-state index < -0.39 is 0 Å². The van der Waals surface area contributed by atoms with E-state index >= 15 is 0 Å². The third-order valence-corrected chi connectivity index (χ3v) is 5.67. The molecule has 1 fully saturated rings. The lowest BCUT2D eigenvalue weighted by Gasteiger charge is -2.20. The van der Waals surface area contributed by atoms with Crippen LogP contribution in [0.4, 0.5) is 0 Å². The number of rotatable bonds is 7. The Balaban J connectivity index is 1.44. The van der Waals surface area contributed by atoms with E-state index in [1.807, 2.05) is 12.1 Å². The van der Waals surface area contributed by atoms with Crippen molar-refractivity contribution in [3.63, 3.8) is 0 Å². The van der Waals surface area contributed by atoms with Crippen LogP contribution in [0, 0.1) is 6.92 Å². The SMILES string of the molecule is Cc1ccccc1OCCCn1c(CN2CCCCCC2)nc2ccccc21. The molecule has 28 heavy (non-hydrogen) atoms. The maximum atomic E-state index is 6.01. The van der Waals surface area contributed by atoms with Crippen LogP contribution in [-0.4, -0.2) is 34.1 Å². The van der Waals surface area contributed by atoms with Gasteiger partial charge in [-0.15, -0.1) is 0 Å². The minimum Gasteiger partial charge on any atom is -0.493 e. The molecular formula is C24H31N3O. The predicted molar refractivity (Wildman–Crippen MR) is 115 cm³/mol. The Labute approximate surface area is 168 Å². The maximum absolute atomic E-state index is 6.01. The zero-order valence-electron chi connectivity index (χ0n) is 16.9. The summed E-state index contributed by atoms with van der Waals surface area (Å²) in [6.07, 6.45) is 6.32. The summed E-state index contributed by atoms with van der Waals surface area (Å²) in [4.78, 5) is 7.55. The molecule has 0 aliphatic carbocycles. The number of para-hydroxylation sites is 3. The molecular weight excluding hydrogens is 346 g/mol. The molecule has 3 aromatic rings. The molecule has 1 aliphatic rings. The van der Waals surface area contributed by atoms with E-state index in [-0.39, 0.29) is 0 Å². The van der Waals surface area contributed by atoms with Crippen LogP contribution in [-0.2, 0) is 13.1 Å². The van der Waals surface area contributed by atoms with Crippen LogP contribution in [0.3, 0.4) is 0 Å². The second kappa shape index (κ2) is 9.24. The number of aromatic nitrogens is 2. The van der Waals surface area contributed by atoms with Crippen LogP contribution in [0.1, 0.15) is 43.5 Å². The van der Waals surface area contributed by atoms with Gasteiger partial charge in [-0.05, 0) is 63.0 Å². The fraction of sp³-hybridized carbons (Fsp3) is 0.458. The van der Waals surface area contributed by atoms with Crippen LogP contribution in [0.25, 0.3) is 11.0 Å². The third kappa shape index (κ3) is 4.56. The van der Waals surface area contributed by atoms with Gasteiger partial charge in [0.25, 0.3) is 0 Å². The first-order chi connectivity index (χ1) is 13.8. The van der Waals surface area contributed by atoms with E-state index in [0.29, 0.717) is 0 Å². The average molecular weight is 378 g/mol. The summed E-state index contributed by atoms with van der Waals surface area (Å²) in [5.41, 5.74) is 3.53. The third-order valence-electron chi connectivity index (χ3n) is 5.67. The van der Waals surface area contributed by atoms with Crippen molar-refractivity contribution in [2.75, 3.05) is 19.7 Å². The van der Waals surface area contributed by atoms with Crippen LogP contribution in [0.2, 0.25) is 0 Å². The highest BCUT2D eigenvalue weighted by Crippen LogP contribution is 2.20. The number of likely N-dealkylation sites (tertiary alicyclic amines) is 1. The molecule has 2 aromatic carbocycles. The molecule has 0 unspecified atom stereocenters. The largest absolute Gasteiger partial charge is 0.493 e. The summed E-state index contributed by atoms with van der Waals surface area (Å²) in [6.45, 7) is 7.10. The van der Waals surface area contributed by atoms with Gasteiger partial charge in [-0.2, -0.15) is 0 Å². The Morgan fingerprint density at radius 3 is 2.50 bits per heavy atom. The monoisotopic (exact) mass is 377 g/mol. The first-order valence-electron chi connectivity index (χ1n) is 10.7. The lowest BCUT2D eigenvalue weighted by Crippen LogP contribution is -2.26. The highest BCUT2D eigenvalue weighted by Gasteiger charge is 2.15. The molecule has 0 amide bonds. The fourth-order valence-electron chi connectivity index (χ4n) is 4.11. The van der Waals surface area contributed by atoms with Crippen molar-refractivity contribution in [1.29, 1.82) is 0 Å². The summed E-state index contributed by atoms with van der Waals surface area (Å²) in [7, 11) is 0. The molecule has 1 aromatic heterocycles. The van der Waals surface area contributed by atoms with Gasteiger partial charge in [-0.25, -0.2) is 4.98 Å². The number of fused-ring (bicyclic) bond motifs is 1. The van der Waals surface area contributed by atoms with E-state index in [1.165, 1.54) is 55.7 Å². The van der Waals surface area contributed by atoms with Crippen molar-refractivity contribution in [3.8, 4) is 5.75 Å². The molecule has 0 saturated carbocycles. The second-order valence-electron chi connectivity index (χ2n) is 7.83. The lowest BCUT2D eigenvalue weighted by molar-refractivity contribution is 0.263. The lowest BCUT2D eigenvalue weighted by atomic mass is 10.2. The minimum absolute atomic E-state index is 0.723. The molecule has 2 heterocycles. The van der Waals surface area contributed by atoms with E-state index in [0.717, 1.165) is 37.4 Å². The van der Waals surface area contributed by atoms with Crippen LogP contribution in [0.5, 0.6) is 5.75 Å². The topological polar surface area (TPSA) is 30.3 Å². The van der Waals surface area contributed by atoms with Crippen LogP contribution >= 0.6 is 0 Å². The fourth-order valence-corrected chi connectivity index (χ4v) is 4.11. The van der Waals surface area contributed by atoms with Crippen molar-refractivity contribution in [1.82, 2.24) is 14.5 Å². The van der Waals surface area contributed by atoms with Crippen molar-refractivity contribution >= 4 is 11.0 Å². The van der Waals surface area contributed by atoms with Gasteiger partial charge < -0.3 is 9.30 Å². The number of hydrogen-bond donors (Lipinski definition) is 0. The van der Waals surface area contributed by atoms with E-state index in [2.05, 4.69) is 52.8 Å². The molecule has 0 atom stereocenters. The summed E-state index contributed by atoms with van der Waals surface area (Å²) in [6, 6.07) is 16.7. The zero-order valence-corrected chi connectivity index (χ0v) is 16.9. The molecule has 0 bridgehead atoms. The molecule has 148 valence electrons. The number of benzene rings is 2.